The fourth-order valence-electron chi connectivity index (χ4n) is 2.32. The van der Waals surface area contributed by atoms with E-state index < -0.39 is 0 Å². The highest BCUT2D eigenvalue weighted by Gasteiger charge is 2.19. The molecule has 0 aromatic heterocycles. The van der Waals surface area contributed by atoms with Gasteiger partial charge in [-0.15, -0.1) is 6.58 Å². The summed E-state index contributed by atoms with van der Waals surface area (Å²) in [7, 11) is 1.74. The highest BCUT2D eigenvalue weighted by atomic mass is 35.5. The highest BCUT2D eigenvalue weighted by molar-refractivity contribution is 6.30. The fourth-order valence-corrected chi connectivity index (χ4v) is 2.55. The summed E-state index contributed by atoms with van der Waals surface area (Å²) >= 11 is 6.24. The molecule has 0 saturated carbocycles. The highest BCUT2D eigenvalue weighted by Crippen LogP contribution is 2.39. The normalized spacial score (nSPS) is 12.6. The van der Waals surface area contributed by atoms with Crippen LogP contribution in [0.3, 0.4) is 0 Å². The number of ether oxygens (including phenoxy) is 1. The Hall–Kier alpha value is -0.950. The van der Waals surface area contributed by atoms with Crippen molar-refractivity contribution < 1.29 is 4.74 Å². The van der Waals surface area contributed by atoms with Crippen molar-refractivity contribution in [2.45, 2.75) is 45.4 Å². The summed E-state index contributed by atoms with van der Waals surface area (Å²) in [6.45, 7) is 10.3. The van der Waals surface area contributed by atoms with Crippen molar-refractivity contribution in [3.8, 4) is 5.75 Å². The molecule has 0 heterocycles. The Morgan fingerprint density at radius 3 is 2.39 bits per heavy atom. The zero-order valence-corrected chi connectivity index (χ0v) is 12.6. The van der Waals surface area contributed by atoms with Gasteiger partial charge in [0.15, 0.2) is 0 Å². The molecule has 1 rings (SSSR count). The Kier molecular flexibility index (Phi) is 5.74. The molecule has 0 N–H and O–H groups in total. The molecule has 18 heavy (non-hydrogen) atoms. The van der Waals surface area contributed by atoms with E-state index in [4.69, 9.17) is 16.3 Å². The minimum absolute atomic E-state index is 0.402. The van der Waals surface area contributed by atoms with Crippen LogP contribution in [0.25, 0.3) is 0 Å². The molecule has 0 amide bonds. The van der Waals surface area contributed by atoms with E-state index in [1.807, 2.05) is 18.2 Å². The lowest BCUT2D eigenvalue weighted by Gasteiger charge is -2.21. The Balaban J connectivity index is 3.36. The minimum atomic E-state index is 0.402. The Morgan fingerprint density at radius 1 is 1.33 bits per heavy atom. The Bertz CT molecular complexity index is 410. The van der Waals surface area contributed by atoms with Gasteiger partial charge in [-0.05, 0) is 47.9 Å². The second-order valence-corrected chi connectivity index (χ2v) is 5.34. The lowest BCUT2D eigenvalue weighted by atomic mass is 9.88. The molecule has 1 nitrogen and oxygen atoms in total. The molecular weight excluding hydrogens is 244 g/mol. The van der Waals surface area contributed by atoms with Gasteiger partial charge < -0.3 is 4.74 Å². The van der Waals surface area contributed by atoms with Gasteiger partial charge in [-0.25, -0.2) is 0 Å². The first kappa shape index (κ1) is 15.1. The zero-order valence-electron chi connectivity index (χ0n) is 11.8. The Labute approximate surface area is 116 Å². The van der Waals surface area contributed by atoms with Crippen molar-refractivity contribution in [2.75, 3.05) is 7.11 Å². The first-order valence-electron chi connectivity index (χ1n) is 6.53. The van der Waals surface area contributed by atoms with Gasteiger partial charge in [-0.3, -0.25) is 0 Å². The van der Waals surface area contributed by atoms with Crippen LogP contribution in [0.5, 0.6) is 5.75 Å². The van der Waals surface area contributed by atoms with Crippen LogP contribution in [-0.4, -0.2) is 7.11 Å². The third-order valence-electron chi connectivity index (χ3n) is 3.32. The van der Waals surface area contributed by atoms with Crippen LogP contribution < -0.4 is 4.74 Å². The quantitative estimate of drug-likeness (QED) is 0.614. The van der Waals surface area contributed by atoms with Crippen molar-refractivity contribution in [1.82, 2.24) is 0 Å². The molecule has 1 aromatic carbocycles. The summed E-state index contributed by atoms with van der Waals surface area (Å²) in [5.74, 6) is 1.82. The predicted molar refractivity (Wildman–Crippen MR) is 79.9 cm³/mol. The van der Waals surface area contributed by atoms with Crippen LogP contribution in [0, 0.1) is 0 Å². The number of rotatable bonds is 6. The molecule has 0 radical (unpaired) electrons. The second-order valence-electron chi connectivity index (χ2n) is 4.90. The second kappa shape index (κ2) is 6.84. The summed E-state index contributed by atoms with van der Waals surface area (Å²) in [5.41, 5.74) is 2.39. The van der Waals surface area contributed by atoms with E-state index in [9.17, 15) is 0 Å². The lowest BCUT2D eigenvalue weighted by Crippen LogP contribution is -2.04. The number of allylic oxidation sites excluding steroid dienone is 1. The summed E-state index contributed by atoms with van der Waals surface area (Å²) < 4.78 is 5.63. The number of benzene rings is 1. The predicted octanol–water partition coefficient (Wildman–Crippen LogP) is 5.54. The minimum Gasteiger partial charge on any atom is -0.496 e. The molecule has 0 aliphatic carbocycles. The van der Waals surface area contributed by atoms with E-state index in [-0.39, 0.29) is 0 Å². The van der Waals surface area contributed by atoms with Crippen LogP contribution >= 0.6 is 11.6 Å². The van der Waals surface area contributed by atoms with Crippen LogP contribution in [0.2, 0.25) is 5.02 Å². The SMILES string of the molecule is C=CCC(CC)c1cc(Cl)cc(C(C)C)c1OC. The topological polar surface area (TPSA) is 9.23 Å². The van der Waals surface area contributed by atoms with Gasteiger partial charge >= 0.3 is 0 Å². The van der Waals surface area contributed by atoms with Crippen LogP contribution in [0.1, 0.15) is 56.6 Å². The van der Waals surface area contributed by atoms with E-state index in [0.29, 0.717) is 11.8 Å². The summed E-state index contributed by atoms with van der Waals surface area (Å²) in [5, 5.41) is 0.789. The van der Waals surface area contributed by atoms with E-state index in [1.54, 1.807) is 7.11 Å². The van der Waals surface area contributed by atoms with Crippen LogP contribution in [0.4, 0.5) is 0 Å². The van der Waals surface area contributed by atoms with Crippen molar-refractivity contribution >= 4 is 11.6 Å². The molecule has 0 aliphatic rings. The van der Waals surface area contributed by atoms with Crippen LogP contribution in [-0.2, 0) is 0 Å². The van der Waals surface area contributed by atoms with Gasteiger partial charge in [-0.2, -0.15) is 0 Å². The van der Waals surface area contributed by atoms with Crippen molar-refractivity contribution in [3.05, 3.63) is 40.9 Å². The molecule has 1 atom stereocenters. The monoisotopic (exact) mass is 266 g/mol. The maximum absolute atomic E-state index is 6.24. The smallest absolute Gasteiger partial charge is 0.125 e. The summed E-state index contributed by atoms with van der Waals surface area (Å²) in [6, 6.07) is 4.04. The largest absolute Gasteiger partial charge is 0.496 e. The molecule has 1 aromatic rings. The van der Waals surface area contributed by atoms with E-state index >= 15 is 0 Å². The molecule has 100 valence electrons. The molecule has 0 spiro atoms. The van der Waals surface area contributed by atoms with Gasteiger partial charge in [0.05, 0.1) is 7.11 Å². The molecule has 0 aliphatic heterocycles. The van der Waals surface area contributed by atoms with Crippen LogP contribution in [0.15, 0.2) is 24.8 Å². The Morgan fingerprint density at radius 2 is 1.94 bits per heavy atom. The van der Waals surface area contributed by atoms with Gasteiger partial charge in [0.25, 0.3) is 0 Å². The average molecular weight is 267 g/mol. The first-order chi connectivity index (χ1) is 8.54. The maximum atomic E-state index is 6.24. The number of hydrogen-bond acceptors (Lipinski definition) is 1. The van der Waals surface area contributed by atoms with E-state index in [1.165, 1.54) is 11.1 Å². The molecular formula is C16H23ClO. The zero-order chi connectivity index (χ0) is 13.7. The van der Waals surface area contributed by atoms with Gasteiger partial charge in [-0.1, -0.05) is 38.4 Å². The number of halogens is 1. The number of methoxy groups -OCH3 is 1. The van der Waals surface area contributed by atoms with Crippen molar-refractivity contribution in [3.63, 3.8) is 0 Å². The van der Waals surface area contributed by atoms with Gasteiger partial charge in [0.2, 0.25) is 0 Å². The molecule has 2 heteroatoms. The van der Waals surface area contributed by atoms with E-state index in [2.05, 4.69) is 27.4 Å². The third-order valence-corrected chi connectivity index (χ3v) is 3.54. The maximum Gasteiger partial charge on any atom is 0.125 e. The van der Waals surface area contributed by atoms with Gasteiger partial charge in [0.1, 0.15) is 5.75 Å². The van der Waals surface area contributed by atoms with Crippen molar-refractivity contribution in [1.29, 1.82) is 0 Å². The van der Waals surface area contributed by atoms with E-state index in [0.717, 1.165) is 23.6 Å². The molecule has 1 unspecified atom stereocenters. The first-order valence-corrected chi connectivity index (χ1v) is 6.91. The van der Waals surface area contributed by atoms with Gasteiger partial charge in [0, 0.05) is 5.02 Å². The third kappa shape index (κ3) is 3.29. The molecule has 0 fully saturated rings. The summed E-state index contributed by atoms with van der Waals surface area (Å²) in [4.78, 5) is 0. The lowest BCUT2D eigenvalue weighted by molar-refractivity contribution is 0.397. The van der Waals surface area contributed by atoms with Crippen molar-refractivity contribution in [2.24, 2.45) is 0 Å². The molecule has 0 bridgehead atoms. The fraction of sp³-hybridized carbons (Fsp3) is 0.500. The number of hydrogen-bond donors (Lipinski definition) is 0. The molecule has 0 saturated heterocycles. The summed E-state index contributed by atoms with van der Waals surface area (Å²) in [6.07, 6.45) is 3.97. The standard InChI is InChI=1S/C16H23ClO/c1-6-8-12(7-2)15-10-13(17)9-14(11(3)4)16(15)18-5/h6,9-12H,1,7-8H2,2-5H3. The average Bonchev–Trinajstić information content (AvgIpc) is 2.34.